The van der Waals surface area contributed by atoms with Crippen LogP contribution < -0.4 is 10.1 Å². The number of ether oxygens (including phenoxy) is 1. The topological polar surface area (TPSA) is 21.3 Å². The van der Waals surface area contributed by atoms with Crippen molar-refractivity contribution in [1.29, 1.82) is 0 Å². The third-order valence-corrected chi connectivity index (χ3v) is 4.88. The second kappa shape index (κ2) is 8.97. The SMILES string of the molecule is Cc1cccc(CNC(=S)c2ccc(OCc3ccc(Br)cc3)cc2)c1. The minimum Gasteiger partial charge on any atom is -0.489 e. The van der Waals surface area contributed by atoms with E-state index in [1.54, 1.807) is 0 Å². The van der Waals surface area contributed by atoms with E-state index in [4.69, 9.17) is 17.0 Å². The molecular weight excluding hydrogens is 406 g/mol. The Labute approximate surface area is 168 Å². The zero-order chi connectivity index (χ0) is 18.4. The summed E-state index contributed by atoms with van der Waals surface area (Å²) in [6, 6.07) is 24.4. The quantitative estimate of drug-likeness (QED) is 0.504. The average Bonchev–Trinajstić information content (AvgIpc) is 2.66. The van der Waals surface area contributed by atoms with Gasteiger partial charge in [0.15, 0.2) is 0 Å². The molecular formula is C22H20BrNOS. The predicted octanol–water partition coefficient (Wildman–Crippen LogP) is 5.80. The fourth-order valence-corrected chi connectivity index (χ4v) is 3.03. The van der Waals surface area contributed by atoms with Gasteiger partial charge in [0, 0.05) is 16.6 Å². The van der Waals surface area contributed by atoms with E-state index in [9.17, 15) is 0 Å². The van der Waals surface area contributed by atoms with Gasteiger partial charge in [-0.15, -0.1) is 0 Å². The fraction of sp³-hybridized carbons (Fsp3) is 0.136. The number of nitrogens with one attached hydrogen (secondary N) is 1. The molecule has 3 aromatic rings. The Morgan fingerprint density at radius 2 is 1.69 bits per heavy atom. The van der Waals surface area contributed by atoms with Gasteiger partial charge < -0.3 is 10.1 Å². The molecule has 4 heteroatoms. The van der Waals surface area contributed by atoms with Crippen LogP contribution >= 0.6 is 28.1 Å². The van der Waals surface area contributed by atoms with Crippen LogP contribution in [0.15, 0.2) is 77.3 Å². The summed E-state index contributed by atoms with van der Waals surface area (Å²) in [5.41, 5.74) is 4.60. The molecule has 0 aliphatic carbocycles. The molecule has 0 fully saturated rings. The molecule has 26 heavy (non-hydrogen) atoms. The lowest BCUT2D eigenvalue weighted by Crippen LogP contribution is -2.21. The van der Waals surface area contributed by atoms with Gasteiger partial charge >= 0.3 is 0 Å². The van der Waals surface area contributed by atoms with Crippen LogP contribution in [0.25, 0.3) is 0 Å². The summed E-state index contributed by atoms with van der Waals surface area (Å²) in [7, 11) is 0. The van der Waals surface area contributed by atoms with Gasteiger partial charge in [-0.1, -0.05) is 70.1 Å². The maximum absolute atomic E-state index is 5.83. The smallest absolute Gasteiger partial charge is 0.119 e. The third kappa shape index (κ3) is 5.41. The van der Waals surface area contributed by atoms with Crippen molar-refractivity contribution < 1.29 is 4.74 Å². The second-order valence-corrected chi connectivity index (χ2v) is 7.44. The van der Waals surface area contributed by atoms with Crippen molar-refractivity contribution in [3.05, 3.63) is 99.5 Å². The summed E-state index contributed by atoms with van der Waals surface area (Å²) < 4.78 is 6.90. The minimum atomic E-state index is 0.544. The number of aryl methyl sites for hydroxylation is 1. The number of benzene rings is 3. The molecule has 0 spiro atoms. The summed E-state index contributed by atoms with van der Waals surface area (Å²) in [5.74, 6) is 0.832. The minimum absolute atomic E-state index is 0.544. The largest absolute Gasteiger partial charge is 0.489 e. The van der Waals surface area contributed by atoms with Crippen LogP contribution in [0.3, 0.4) is 0 Å². The first-order chi connectivity index (χ1) is 12.6. The van der Waals surface area contributed by atoms with Crippen molar-refractivity contribution >= 4 is 33.1 Å². The van der Waals surface area contributed by atoms with Crippen LogP contribution in [0.5, 0.6) is 5.75 Å². The Hall–Kier alpha value is -2.17. The van der Waals surface area contributed by atoms with E-state index in [-0.39, 0.29) is 0 Å². The van der Waals surface area contributed by atoms with Crippen molar-refractivity contribution in [2.45, 2.75) is 20.1 Å². The molecule has 132 valence electrons. The summed E-state index contributed by atoms with van der Waals surface area (Å²) >= 11 is 8.93. The molecule has 3 aromatic carbocycles. The highest BCUT2D eigenvalue weighted by atomic mass is 79.9. The van der Waals surface area contributed by atoms with Crippen LogP contribution in [0.2, 0.25) is 0 Å². The maximum atomic E-state index is 5.83. The molecule has 0 amide bonds. The molecule has 0 bridgehead atoms. The lowest BCUT2D eigenvalue weighted by Gasteiger charge is -2.10. The zero-order valence-corrected chi connectivity index (χ0v) is 16.9. The van der Waals surface area contributed by atoms with E-state index < -0.39 is 0 Å². The number of hydrogen-bond donors (Lipinski definition) is 1. The maximum Gasteiger partial charge on any atom is 0.119 e. The van der Waals surface area contributed by atoms with Gasteiger partial charge in [0.2, 0.25) is 0 Å². The van der Waals surface area contributed by atoms with Crippen LogP contribution in [-0.4, -0.2) is 4.99 Å². The fourth-order valence-electron chi connectivity index (χ4n) is 2.56. The third-order valence-electron chi connectivity index (χ3n) is 3.97. The summed E-state index contributed by atoms with van der Waals surface area (Å²) in [5, 5.41) is 3.31. The van der Waals surface area contributed by atoms with Gasteiger partial charge in [-0.2, -0.15) is 0 Å². The first kappa shape index (κ1) is 18.6. The number of hydrogen-bond acceptors (Lipinski definition) is 2. The lowest BCUT2D eigenvalue weighted by molar-refractivity contribution is 0.306. The van der Waals surface area contributed by atoms with Crippen LogP contribution in [0.4, 0.5) is 0 Å². The van der Waals surface area contributed by atoms with Gasteiger partial charge in [-0.05, 0) is 54.4 Å². The normalized spacial score (nSPS) is 10.4. The van der Waals surface area contributed by atoms with Crippen molar-refractivity contribution in [3.8, 4) is 5.75 Å². The van der Waals surface area contributed by atoms with E-state index >= 15 is 0 Å². The summed E-state index contributed by atoms with van der Waals surface area (Å²) in [4.78, 5) is 0.742. The van der Waals surface area contributed by atoms with Gasteiger partial charge in [0.25, 0.3) is 0 Å². The first-order valence-electron chi connectivity index (χ1n) is 8.41. The Kier molecular flexibility index (Phi) is 6.42. The standard InChI is InChI=1S/C22H20BrNOS/c1-16-3-2-4-18(13-16)14-24-22(26)19-7-11-21(12-8-19)25-15-17-5-9-20(23)10-6-17/h2-13H,14-15H2,1H3,(H,24,26). The van der Waals surface area contributed by atoms with Gasteiger partial charge in [0.05, 0.1) is 0 Å². The van der Waals surface area contributed by atoms with Gasteiger partial charge in [0.1, 0.15) is 17.3 Å². The molecule has 0 unspecified atom stereocenters. The monoisotopic (exact) mass is 425 g/mol. The predicted molar refractivity (Wildman–Crippen MR) is 115 cm³/mol. The Bertz CT molecular complexity index is 875. The highest BCUT2D eigenvalue weighted by Gasteiger charge is 2.03. The highest BCUT2D eigenvalue weighted by molar-refractivity contribution is 9.10. The molecule has 0 saturated heterocycles. The van der Waals surface area contributed by atoms with Crippen molar-refractivity contribution in [2.75, 3.05) is 0 Å². The summed E-state index contributed by atoms with van der Waals surface area (Å²) in [6.07, 6.45) is 0. The Balaban J connectivity index is 1.53. The zero-order valence-electron chi connectivity index (χ0n) is 14.5. The molecule has 0 aliphatic heterocycles. The van der Waals surface area contributed by atoms with E-state index in [0.29, 0.717) is 6.61 Å². The van der Waals surface area contributed by atoms with Crippen LogP contribution in [-0.2, 0) is 13.2 Å². The van der Waals surface area contributed by atoms with E-state index in [1.165, 1.54) is 11.1 Å². The average molecular weight is 426 g/mol. The Morgan fingerprint density at radius 3 is 2.38 bits per heavy atom. The molecule has 0 saturated carbocycles. The van der Waals surface area contributed by atoms with E-state index in [1.807, 2.05) is 48.5 Å². The molecule has 0 atom stereocenters. The van der Waals surface area contributed by atoms with Crippen LogP contribution in [0, 0.1) is 6.92 Å². The van der Waals surface area contributed by atoms with Gasteiger partial charge in [-0.25, -0.2) is 0 Å². The Morgan fingerprint density at radius 1 is 0.962 bits per heavy atom. The van der Waals surface area contributed by atoms with E-state index in [0.717, 1.165) is 32.9 Å². The van der Waals surface area contributed by atoms with Crippen molar-refractivity contribution in [3.63, 3.8) is 0 Å². The van der Waals surface area contributed by atoms with E-state index in [2.05, 4.69) is 52.4 Å². The second-order valence-electron chi connectivity index (χ2n) is 6.11. The molecule has 2 nitrogen and oxygen atoms in total. The van der Waals surface area contributed by atoms with Crippen molar-refractivity contribution in [2.24, 2.45) is 0 Å². The summed E-state index contributed by atoms with van der Waals surface area (Å²) in [6.45, 7) is 3.36. The lowest BCUT2D eigenvalue weighted by atomic mass is 10.1. The molecule has 3 rings (SSSR count). The number of halogens is 1. The van der Waals surface area contributed by atoms with Crippen LogP contribution in [0.1, 0.15) is 22.3 Å². The number of rotatable bonds is 6. The molecule has 0 radical (unpaired) electrons. The molecule has 0 heterocycles. The van der Waals surface area contributed by atoms with Crippen molar-refractivity contribution in [1.82, 2.24) is 5.32 Å². The number of thiocarbonyl (C=S) groups is 1. The first-order valence-corrected chi connectivity index (χ1v) is 9.61. The van der Waals surface area contributed by atoms with Gasteiger partial charge in [-0.3, -0.25) is 0 Å². The molecule has 1 N–H and O–H groups in total. The molecule has 0 aliphatic rings. The highest BCUT2D eigenvalue weighted by Crippen LogP contribution is 2.16. The molecule has 0 aromatic heterocycles.